The molecule has 0 aliphatic heterocycles. The third-order valence-electron chi connectivity index (χ3n) is 4.57. The fourth-order valence-electron chi connectivity index (χ4n) is 3.15. The summed E-state index contributed by atoms with van der Waals surface area (Å²) in [6.07, 6.45) is 2.80. The molecule has 2 aromatic rings. The first kappa shape index (κ1) is 17.8. The van der Waals surface area contributed by atoms with Crippen LogP contribution in [0, 0.1) is 11.8 Å². The van der Waals surface area contributed by atoms with Crippen LogP contribution in [0.25, 0.3) is 11.1 Å². The number of carboxylic acids is 1. The minimum atomic E-state index is -0.652. The predicted octanol–water partition coefficient (Wildman–Crippen LogP) is 5.45. The molecule has 1 N–H and O–H groups in total. The van der Waals surface area contributed by atoms with E-state index in [1.807, 2.05) is 32.0 Å². The Morgan fingerprint density at radius 1 is 1.20 bits per heavy atom. The van der Waals surface area contributed by atoms with E-state index in [-0.39, 0.29) is 12.0 Å². The topological polar surface area (TPSA) is 46.5 Å². The number of rotatable bonds is 7. The van der Waals surface area contributed by atoms with E-state index in [2.05, 4.69) is 24.3 Å². The lowest BCUT2D eigenvalue weighted by molar-refractivity contribution is -0.138. The summed E-state index contributed by atoms with van der Waals surface area (Å²) in [6.45, 7) is 3.98. The number of carbonyl (C=O) groups is 1. The number of benzene rings is 2. The van der Waals surface area contributed by atoms with Gasteiger partial charge in [-0.2, -0.15) is 0 Å². The Morgan fingerprint density at radius 3 is 2.52 bits per heavy atom. The fraction of sp³-hybridized carbons (Fsp3) is 0.381. The molecule has 0 radical (unpaired) electrons. The zero-order valence-corrected chi connectivity index (χ0v) is 15.3. The Bertz CT molecular complexity index is 752. The summed E-state index contributed by atoms with van der Waals surface area (Å²) in [4.78, 5) is 10.9. The van der Waals surface area contributed by atoms with E-state index in [4.69, 9.17) is 21.4 Å². The van der Waals surface area contributed by atoms with Crippen molar-refractivity contribution >= 4 is 17.6 Å². The molecule has 1 aliphatic rings. The molecule has 132 valence electrons. The first-order valence-electron chi connectivity index (χ1n) is 8.71. The van der Waals surface area contributed by atoms with Gasteiger partial charge >= 0.3 is 5.97 Å². The molecular weight excluding hydrogens is 336 g/mol. The number of halogens is 1. The van der Waals surface area contributed by atoms with Gasteiger partial charge in [-0.1, -0.05) is 35.9 Å². The molecule has 0 aromatic heterocycles. The largest absolute Gasteiger partial charge is 0.491 e. The summed E-state index contributed by atoms with van der Waals surface area (Å²) >= 11 is 6.22. The summed E-state index contributed by atoms with van der Waals surface area (Å²) in [5.41, 5.74) is 3.36. The van der Waals surface area contributed by atoms with Crippen molar-refractivity contribution in [3.63, 3.8) is 0 Å². The van der Waals surface area contributed by atoms with Crippen molar-refractivity contribution in [2.45, 2.75) is 39.2 Å². The number of carboxylic acid groups (broad SMARTS) is 1. The van der Waals surface area contributed by atoms with Crippen LogP contribution in [0.4, 0.5) is 0 Å². The van der Waals surface area contributed by atoms with Gasteiger partial charge in [-0.25, -0.2) is 0 Å². The standard InChI is InChI=1S/C21H23ClO3/c1-13(2)25-19-10-17(9-18(22)12-19)15-6-3-14(4-7-15)5-8-16-11-20(16)21(23)24/h3-4,6-7,9-10,12-13,16,20H,5,8,11H2,1-2H3,(H,23,24). The van der Waals surface area contributed by atoms with Crippen molar-refractivity contribution in [1.82, 2.24) is 0 Å². The maximum atomic E-state index is 10.9. The number of aliphatic carboxylic acids is 1. The zero-order chi connectivity index (χ0) is 18.0. The quantitative estimate of drug-likeness (QED) is 0.716. The molecule has 0 heterocycles. The third-order valence-corrected chi connectivity index (χ3v) is 4.79. The van der Waals surface area contributed by atoms with Gasteiger partial charge in [-0.15, -0.1) is 0 Å². The molecule has 1 saturated carbocycles. The molecule has 2 atom stereocenters. The molecule has 1 aliphatic carbocycles. The second-order valence-electron chi connectivity index (χ2n) is 7.02. The monoisotopic (exact) mass is 358 g/mol. The van der Waals surface area contributed by atoms with E-state index in [0.717, 1.165) is 36.1 Å². The van der Waals surface area contributed by atoms with Gasteiger partial charge in [0.25, 0.3) is 0 Å². The van der Waals surface area contributed by atoms with Gasteiger partial charge in [0.15, 0.2) is 0 Å². The molecule has 25 heavy (non-hydrogen) atoms. The molecule has 0 saturated heterocycles. The van der Waals surface area contributed by atoms with E-state index < -0.39 is 5.97 Å². The lowest BCUT2D eigenvalue weighted by atomic mass is 10.0. The van der Waals surface area contributed by atoms with Crippen LogP contribution in [0.2, 0.25) is 5.02 Å². The highest BCUT2D eigenvalue weighted by atomic mass is 35.5. The highest BCUT2D eigenvalue weighted by Crippen LogP contribution is 2.42. The van der Waals surface area contributed by atoms with E-state index in [9.17, 15) is 4.79 Å². The Labute approximate surface area is 153 Å². The van der Waals surface area contributed by atoms with Crippen LogP contribution in [0.1, 0.15) is 32.3 Å². The van der Waals surface area contributed by atoms with E-state index >= 15 is 0 Å². The third kappa shape index (κ3) is 4.76. The lowest BCUT2D eigenvalue weighted by Crippen LogP contribution is -2.05. The molecule has 2 unspecified atom stereocenters. The van der Waals surface area contributed by atoms with Crippen molar-refractivity contribution in [1.29, 1.82) is 0 Å². The Kier molecular flexibility index (Phi) is 5.33. The molecule has 0 spiro atoms. The maximum Gasteiger partial charge on any atom is 0.306 e. The predicted molar refractivity (Wildman–Crippen MR) is 100 cm³/mol. The Balaban J connectivity index is 1.66. The first-order chi connectivity index (χ1) is 11.9. The van der Waals surface area contributed by atoms with Crippen molar-refractivity contribution < 1.29 is 14.6 Å². The van der Waals surface area contributed by atoms with Gasteiger partial charge in [0.05, 0.1) is 12.0 Å². The van der Waals surface area contributed by atoms with E-state index in [1.54, 1.807) is 0 Å². The molecule has 3 nitrogen and oxygen atoms in total. The molecule has 4 heteroatoms. The molecule has 3 rings (SSSR count). The highest BCUT2D eigenvalue weighted by Gasteiger charge is 2.42. The number of ether oxygens (including phenoxy) is 1. The van der Waals surface area contributed by atoms with Crippen LogP contribution in [0.5, 0.6) is 5.75 Å². The van der Waals surface area contributed by atoms with Gasteiger partial charge < -0.3 is 9.84 Å². The van der Waals surface area contributed by atoms with Crippen LogP contribution >= 0.6 is 11.6 Å². The molecule has 2 aromatic carbocycles. The number of hydrogen-bond donors (Lipinski definition) is 1. The van der Waals surface area contributed by atoms with Crippen LogP contribution in [0.15, 0.2) is 42.5 Å². The Morgan fingerprint density at radius 2 is 1.92 bits per heavy atom. The van der Waals surface area contributed by atoms with Crippen molar-refractivity contribution in [2.24, 2.45) is 11.8 Å². The number of aryl methyl sites for hydroxylation is 1. The molecule has 0 bridgehead atoms. The molecule has 1 fully saturated rings. The second-order valence-corrected chi connectivity index (χ2v) is 7.45. The van der Waals surface area contributed by atoms with Crippen LogP contribution in [-0.4, -0.2) is 17.2 Å². The number of hydrogen-bond acceptors (Lipinski definition) is 2. The summed E-state index contributed by atoms with van der Waals surface area (Å²) in [5, 5.41) is 9.62. The highest BCUT2D eigenvalue weighted by molar-refractivity contribution is 6.31. The fourth-order valence-corrected chi connectivity index (χ4v) is 3.38. The van der Waals surface area contributed by atoms with Crippen LogP contribution in [0.3, 0.4) is 0 Å². The Hall–Kier alpha value is -2.00. The lowest BCUT2D eigenvalue weighted by Gasteiger charge is -2.12. The normalized spacial score (nSPS) is 19.0. The van der Waals surface area contributed by atoms with Crippen molar-refractivity contribution in [3.05, 3.63) is 53.1 Å². The second kappa shape index (κ2) is 7.49. The van der Waals surface area contributed by atoms with Gasteiger partial charge in [-0.3, -0.25) is 4.79 Å². The van der Waals surface area contributed by atoms with Gasteiger partial charge in [0, 0.05) is 5.02 Å². The van der Waals surface area contributed by atoms with Crippen LogP contribution < -0.4 is 4.74 Å². The summed E-state index contributed by atoms with van der Waals surface area (Å²) < 4.78 is 5.75. The van der Waals surface area contributed by atoms with Crippen LogP contribution in [-0.2, 0) is 11.2 Å². The van der Waals surface area contributed by atoms with Gasteiger partial charge in [-0.05, 0) is 73.9 Å². The van der Waals surface area contributed by atoms with E-state index in [0.29, 0.717) is 10.9 Å². The summed E-state index contributed by atoms with van der Waals surface area (Å²) in [5.74, 6) is 0.349. The SMILES string of the molecule is CC(C)Oc1cc(Cl)cc(-c2ccc(CCC3CC3C(=O)O)cc2)c1. The molecular formula is C21H23ClO3. The van der Waals surface area contributed by atoms with Gasteiger partial charge in [0.1, 0.15) is 5.75 Å². The summed E-state index contributed by atoms with van der Waals surface area (Å²) in [7, 11) is 0. The van der Waals surface area contributed by atoms with E-state index in [1.165, 1.54) is 5.56 Å². The summed E-state index contributed by atoms with van der Waals surface area (Å²) in [6, 6.07) is 14.2. The first-order valence-corrected chi connectivity index (χ1v) is 9.09. The zero-order valence-electron chi connectivity index (χ0n) is 14.5. The average Bonchev–Trinajstić information content (AvgIpc) is 3.32. The minimum absolute atomic E-state index is 0.103. The van der Waals surface area contributed by atoms with Crippen molar-refractivity contribution in [3.8, 4) is 16.9 Å². The molecule has 0 amide bonds. The minimum Gasteiger partial charge on any atom is -0.491 e. The van der Waals surface area contributed by atoms with Gasteiger partial charge in [0.2, 0.25) is 0 Å². The smallest absolute Gasteiger partial charge is 0.306 e. The van der Waals surface area contributed by atoms with Crippen molar-refractivity contribution in [2.75, 3.05) is 0 Å². The maximum absolute atomic E-state index is 10.9. The average molecular weight is 359 g/mol.